The molecule has 8 heteroatoms. The lowest BCUT2D eigenvalue weighted by Gasteiger charge is -2.09. The monoisotopic (exact) mass is 294 g/mol. The summed E-state index contributed by atoms with van der Waals surface area (Å²) >= 11 is 5.26. The van der Waals surface area contributed by atoms with Crippen molar-refractivity contribution in [1.29, 1.82) is 0 Å². The lowest BCUT2D eigenvalue weighted by Crippen LogP contribution is -2.14. The minimum absolute atomic E-state index is 0. The number of halogens is 2. The van der Waals surface area contributed by atoms with Crippen molar-refractivity contribution < 1.29 is 19.1 Å². The molecule has 0 radical (unpaired) electrons. The summed E-state index contributed by atoms with van der Waals surface area (Å²) in [6.45, 7) is 0. The molecule has 6 nitrogen and oxygen atoms in total. The third kappa shape index (κ3) is 3.76. The molecule has 0 saturated carbocycles. The summed E-state index contributed by atoms with van der Waals surface area (Å²) in [5.74, 6) is -1.25. The van der Waals surface area contributed by atoms with Gasteiger partial charge in [0.05, 0.1) is 31.0 Å². The van der Waals surface area contributed by atoms with Crippen molar-refractivity contribution in [3.63, 3.8) is 0 Å². The van der Waals surface area contributed by atoms with Gasteiger partial charge in [0.25, 0.3) is 0 Å². The third-order valence-corrected chi connectivity index (χ3v) is 2.12. The van der Waals surface area contributed by atoms with Crippen LogP contribution < -0.4 is 10.4 Å². The topological polar surface area (TPSA) is 76.7 Å². The fraction of sp³-hybridized carbons (Fsp3) is 0.200. The van der Waals surface area contributed by atoms with Crippen LogP contribution >= 0.6 is 24.2 Å². The van der Waals surface area contributed by atoms with Gasteiger partial charge < -0.3 is 14.9 Å². The highest BCUT2D eigenvalue weighted by Gasteiger charge is 2.18. The van der Waals surface area contributed by atoms with Crippen LogP contribution in [0.5, 0.6) is 0 Å². The van der Waals surface area contributed by atoms with E-state index in [1.807, 2.05) is 0 Å². The van der Waals surface area contributed by atoms with E-state index in [1.54, 1.807) is 6.07 Å². The maximum absolute atomic E-state index is 11.5. The molecule has 0 aliphatic heterocycles. The lowest BCUT2D eigenvalue weighted by molar-refractivity contribution is 0.0555. The Hall–Kier alpha value is -1.50. The van der Waals surface area contributed by atoms with E-state index < -0.39 is 11.9 Å². The third-order valence-electron chi connectivity index (χ3n) is 2.02. The van der Waals surface area contributed by atoms with E-state index in [0.29, 0.717) is 5.69 Å². The average Bonchev–Trinajstić information content (AvgIpc) is 2.37. The van der Waals surface area contributed by atoms with Crippen molar-refractivity contribution in [2.75, 3.05) is 19.6 Å². The molecular formula is C10H12Cl2N2O4. The van der Waals surface area contributed by atoms with Gasteiger partial charge in [0.1, 0.15) is 0 Å². The molecule has 0 spiro atoms. The quantitative estimate of drug-likeness (QED) is 0.500. The zero-order valence-corrected chi connectivity index (χ0v) is 11.2. The molecule has 0 heterocycles. The van der Waals surface area contributed by atoms with Crippen LogP contribution in [0.3, 0.4) is 0 Å². The number of hydrazine groups is 1. The van der Waals surface area contributed by atoms with Crippen molar-refractivity contribution in [2.24, 2.45) is 0 Å². The highest BCUT2D eigenvalue weighted by molar-refractivity contribution is 6.14. The Bertz CT molecular complexity index is 440. The van der Waals surface area contributed by atoms with Gasteiger partial charge in [0.15, 0.2) is 0 Å². The smallest absolute Gasteiger partial charge is 0.338 e. The molecule has 2 N–H and O–H groups in total. The second kappa shape index (κ2) is 7.75. The van der Waals surface area contributed by atoms with E-state index in [2.05, 4.69) is 19.8 Å². The van der Waals surface area contributed by atoms with Crippen LogP contribution in [-0.2, 0) is 9.47 Å². The van der Waals surface area contributed by atoms with Gasteiger partial charge in [0, 0.05) is 0 Å². The Kier molecular flexibility index (Phi) is 7.11. The lowest BCUT2D eigenvalue weighted by atomic mass is 10.1. The molecule has 0 saturated heterocycles. The van der Waals surface area contributed by atoms with Gasteiger partial charge in [-0.1, -0.05) is 0 Å². The molecule has 0 bridgehead atoms. The summed E-state index contributed by atoms with van der Waals surface area (Å²) in [4.78, 5) is 25.1. The van der Waals surface area contributed by atoms with Gasteiger partial charge in [-0.15, -0.1) is 17.4 Å². The Morgan fingerprint density at radius 2 is 1.67 bits per heavy atom. The minimum atomic E-state index is -0.636. The van der Waals surface area contributed by atoms with Crippen molar-refractivity contribution in [2.45, 2.75) is 0 Å². The van der Waals surface area contributed by atoms with E-state index in [1.165, 1.54) is 26.4 Å². The number of anilines is 1. The zero-order chi connectivity index (χ0) is 12.8. The minimum Gasteiger partial charge on any atom is -0.465 e. The van der Waals surface area contributed by atoms with E-state index in [-0.39, 0.29) is 23.5 Å². The summed E-state index contributed by atoms with van der Waals surface area (Å²) in [5, 5.41) is 0. The molecule has 0 amide bonds. The van der Waals surface area contributed by atoms with Gasteiger partial charge in [-0.25, -0.2) is 9.59 Å². The van der Waals surface area contributed by atoms with Crippen LogP contribution in [0.15, 0.2) is 18.2 Å². The van der Waals surface area contributed by atoms with E-state index in [0.717, 1.165) is 0 Å². The number of carbonyl (C=O) groups excluding carboxylic acids is 2. The summed E-state index contributed by atoms with van der Waals surface area (Å²) in [6.07, 6.45) is 0. The van der Waals surface area contributed by atoms with Crippen LogP contribution in [0.2, 0.25) is 0 Å². The number of rotatable bonds is 4. The number of carbonyl (C=O) groups is 2. The number of esters is 2. The van der Waals surface area contributed by atoms with Crippen LogP contribution in [-0.4, -0.2) is 26.2 Å². The fourth-order valence-corrected chi connectivity index (χ4v) is 1.35. The number of nitrogens with one attached hydrogen (secondary N) is 2. The molecule has 0 fully saturated rings. The predicted molar refractivity (Wildman–Crippen MR) is 69.0 cm³/mol. The zero-order valence-electron chi connectivity index (χ0n) is 9.65. The molecule has 0 unspecified atom stereocenters. The van der Waals surface area contributed by atoms with Crippen LogP contribution in [0.4, 0.5) is 5.69 Å². The maximum Gasteiger partial charge on any atom is 0.338 e. The Balaban J connectivity index is 0.00000289. The molecule has 1 aromatic carbocycles. The van der Waals surface area contributed by atoms with E-state index in [9.17, 15) is 9.59 Å². The number of hydrogen-bond donors (Lipinski definition) is 2. The molecule has 0 aromatic heterocycles. The number of ether oxygens (including phenoxy) is 2. The Labute approximate surface area is 115 Å². The molecule has 1 rings (SSSR count). The number of methoxy groups -OCH3 is 2. The summed E-state index contributed by atoms with van der Waals surface area (Å²) in [5.41, 5.74) is 3.29. The van der Waals surface area contributed by atoms with Crippen LogP contribution in [0.1, 0.15) is 20.7 Å². The standard InChI is InChI=1S/C10H11ClN2O4.ClH/c1-16-9(14)7-4-3-6(12-13-11)5-8(7)10(15)17-2;/h3-5,12-13H,1-2H3;1H. The van der Waals surface area contributed by atoms with Gasteiger partial charge >= 0.3 is 11.9 Å². The van der Waals surface area contributed by atoms with Crippen molar-refractivity contribution in [1.82, 2.24) is 4.94 Å². The van der Waals surface area contributed by atoms with E-state index in [4.69, 9.17) is 11.8 Å². The molecule has 0 atom stereocenters. The first-order valence-corrected chi connectivity index (χ1v) is 4.94. The number of hydrogen-bond acceptors (Lipinski definition) is 6. The molecule has 1 aromatic rings. The van der Waals surface area contributed by atoms with Gasteiger partial charge in [-0.2, -0.15) is 0 Å². The average molecular weight is 295 g/mol. The highest BCUT2D eigenvalue weighted by atomic mass is 35.5. The second-order valence-electron chi connectivity index (χ2n) is 2.96. The molecule has 0 aliphatic rings. The Morgan fingerprint density at radius 3 is 2.17 bits per heavy atom. The second-order valence-corrected chi connectivity index (χ2v) is 3.15. The van der Waals surface area contributed by atoms with Crippen molar-refractivity contribution in [3.05, 3.63) is 29.3 Å². The molecule has 18 heavy (non-hydrogen) atoms. The largest absolute Gasteiger partial charge is 0.465 e. The Morgan fingerprint density at radius 1 is 1.11 bits per heavy atom. The van der Waals surface area contributed by atoms with Crippen LogP contribution in [0.25, 0.3) is 0 Å². The summed E-state index contributed by atoms with van der Waals surface area (Å²) in [7, 11) is 2.46. The maximum atomic E-state index is 11.5. The van der Waals surface area contributed by atoms with Gasteiger partial charge in [0.2, 0.25) is 0 Å². The van der Waals surface area contributed by atoms with Gasteiger partial charge in [-0.3, -0.25) is 0 Å². The van der Waals surface area contributed by atoms with Crippen LogP contribution in [0, 0.1) is 0 Å². The summed E-state index contributed by atoms with van der Waals surface area (Å²) < 4.78 is 9.14. The molecule has 100 valence electrons. The fourth-order valence-electron chi connectivity index (χ4n) is 1.24. The molecule has 0 aliphatic carbocycles. The molecular weight excluding hydrogens is 283 g/mol. The SMILES string of the molecule is COC(=O)c1ccc(NNCl)cc1C(=O)OC.Cl. The van der Waals surface area contributed by atoms with Crippen molar-refractivity contribution >= 4 is 41.8 Å². The van der Waals surface area contributed by atoms with Crippen molar-refractivity contribution in [3.8, 4) is 0 Å². The van der Waals surface area contributed by atoms with E-state index >= 15 is 0 Å². The first kappa shape index (κ1) is 16.5. The van der Waals surface area contributed by atoms with Gasteiger partial charge in [-0.05, 0) is 30.0 Å². The normalized spacial score (nSPS) is 9.06. The summed E-state index contributed by atoms with van der Waals surface area (Å²) in [6, 6.07) is 4.43. The first-order chi connectivity index (χ1) is 8.13. The number of benzene rings is 1. The predicted octanol–water partition coefficient (Wildman–Crippen LogP) is 1.75. The highest BCUT2D eigenvalue weighted by Crippen LogP contribution is 2.17. The first-order valence-electron chi connectivity index (χ1n) is 4.56.